The first-order valence-electron chi connectivity index (χ1n) is 35.2. The van der Waals surface area contributed by atoms with E-state index in [1.54, 1.807) is 0 Å². The summed E-state index contributed by atoms with van der Waals surface area (Å²) >= 11 is 0. The van der Waals surface area contributed by atoms with E-state index < -0.39 is 57.8 Å². The fourth-order valence-electron chi connectivity index (χ4n) is 10.0. The Kier molecular flexibility index (Phi) is 63.9. The quantitative estimate of drug-likeness (QED) is 0.0197. The van der Waals surface area contributed by atoms with Crippen molar-refractivity contribution < 1.29 is 52.2 Å². The van der Waals surface area contributed by atoms with E-state index in [4.69, 9.17) is 23.3 Å². The van der Waals surface area contributed by atoms with Crippen LogP contribution in [0, 0.1) is 0 Å². The Morgan fingerprint density at radius 2 is 0.583 bits per heavy atom. The molecule has 0 aromatic carbocycles. The SMILES string of the molecule is CCCCC/C=C\C/C=C\C/C=C\CCCCCCCCC(=O)OC(COC(=O)CCCCCCCCCCC/C=C\CCCCCCCC)COP(=O)(O)OCC(CO)OC(=O)CCCCCCCCCCC/C=C\CCCCCCCC. The molecule has 2 N–H and O–H groups in total. The Morgan fingerprint density at radius 3 is 0.929 bits per heavy atom. The summed E-state index contributed by atoms with van der Waals surface area (Å²) in [6, 6.07) is 0. The van der Waals surface area contributed by atoms with Crippen LogP contribution in [0.4, 0.5) is 0 Å². The molecule has 490 valence electrons. The van der Waals surface area contributed by atoms with E-state index >= 15 is 0 Å². The zero-order valence-corrected chi connectivity index (χ0v) is 55.5. The predicted octanol–water partition coefficient (Wildman–Crippen LogP) is 21.8. The third kappa shape index (κ3) is 63.7. The normalized spacial score (nSPS) is 13.5. The van der Waals surface area contributed by atoms with Gasteiger partial charge >= 0.3 is 25.7 Å². The lowest BCUT2D eigenvalue weighted by Gasteiger charge is -2.21. The minimum atomic E-state index is -4.76. The minimum absolute atomic E-state index is 0.154. The highest BCUT2D eigenvalue weighted by atomic mass is 31.2. The molecule has 0 aromatic heterocycles. The Balaban J connectivity index is 4.68. The van der Waals surface area contributed by atoms with Crippen LogP contribution in [0.25, 0.3) is 0 Å². The second kappa shape index (κ2) is 66.1. The van der Waals surface area contributed by atoms with Crippen LogP contribution in [0.2, 0.25) is 0 Å². The summed E-state index contributed by atoms with van der Waals surface area (Å²) in [6.45, 7) is 4.66. The summed E-state index contributed by atoms with van der Waals surface area (Å²) in [4.78, 5) is 48.9. The van der Waals surface area contributed by atoms with Gasteiger partial charge in [-0.15, -0.1) is 0 Å². The predicted molar refractivity (Wildman–Crippen MR) is 353 cm³/mol. The first kappa shape index (κ1) is 81.2. The zero-order chi connectivity index (χ0) is 61.2. The van der Waals surface area contributed by atoms with E-state index in [-0.39, 0.29) is 25.9 Å². The summed E-state index contributed by atoms with van der Waals surface area (Å²) in [5.41, 5.74) is 0. The second-order valence-corrected chi connectivity index (χ2v) is 25.1. The van der Waals surface area contributed by atoms with E-state index in [2.05, 4.69) is 81.5 Å². The number of allylic oxidation sites excluding steroid dienone is 10. The number of aliphatic hydroxyl groups is 1. The third-order valence-corrected chi connectivity index (χ3v) is 16.3. The van der Waals surface area contributed by atoms with Crippen LogP contribution in [0.1, 0.15) is 342 Å². The molecule has 0 heterocycles. The van der Waals surface area contributed by atoms with Crippen molar-refractivity contribution in [2.75, 3.05) is 26.4 Å². The lowest BCUT2D eigenvalue weighted by molar-refractivity contribution is -0.161. The number of carbonyl (C=O) groups is 3. The molecule has 3 unspecified atom stereocenters. The molecular formula is C72H131O11P. The zero-order valence-electron chi connectivity index (χ0n) is 54.6. The average molecular weight is 1200 g/mol. The van der Waals surface area contributed by atoms with Gasteiger partial charge in [0.25, 0.3) is 0 Å². The molecule has 0 fully saturated rings. The van der Waals surface area contributed by atoms with Crippen molar-refractivity contribution in [3.63, 3.8) is 0 Å². The van der Waals surface area contributed by atoms with Gasteiger partial charge in [0.2, 0.25) is 0 Å². The number of ether oxygens (including phenoxy) is 3. The molecule has 0 radical (unpaired) electrons. The summed E-state index contributed by atoms with van der Waals surface area (Å²) in [5.74, 6) is -1.46. The Labute approximate surface area is 516 Å². The number of hydrogen-bond donors (Lipinski definition) is 2. The molecular weight excluding hydrogens is 1070 g/mol. The van der Waals surface area contributed by atoms with Crippen molar-refractivity contribution in [3.05, 3.63) is 60.8 Å². The summed E-state index contributed by atoms with van der Waals surface area (Å²) < 4.78 is 39.8. The van der Waals surface area contributed by atoms with Crippen LogP contribution < -0.4 is 0 Å². The van der Waals surface area contributed by atoms with Crippen molar-refractivity contribution in [2.24, 2.45) is 0 Å². The van der Waals surface area contributed by atoms with Gasteiger partial charge in [-0.05, 0) is 109 Å². The maximum Gasteiger partial charge on any atom is 0.472 e. The number of unbranched alkanes of at least 4 members (excludes halogenated alkanes) is 39. The molecule has 0 bridgehead atoms. The van der Waals surface area contributed by atoms with Gasteiger partial charge in [0.15, 0.2) is 6.10 Å². The number of phosphoric acid groups is 1. The largest absolute Gasteiger partial charge is 0.472 e. The molecule has 0 saturated carbocycles. The molecule has 0 aromatic rings. The van der Waals surface area contributed by atoms with Crippen molar-refractivity contribution in [3.8, 4) is 0 Å². The molecule has 0 aliphatic rings. The van der Waals surface area contributed by atoms with Crippen molar-refractivity contribution in [1.29, 1.82) is 0 Å². The van der Waals surface area contributed by atoms with Crippen LogP contribution in [-0.4, -0.2) is 66.5 Å². The molecule has 3 atom stereocenters. The van der Waals surface area contributed by atoms with Gasteiger partial charge < -0.3 is 24.2 Å². The van der Waals surface area contributed by atoms with Crippen LogP contribution >= 0.6 is 7.82 Å². The smallest absolute Gasteiger partial charge is 0.462 e. The maximum atomic E-state index is 13.0. The van der Waals surface area contributed by atoms with Crippen LogP contribution in [0.15, 0.2) is 60.8 Å². The van der Waals surface area contributed by atoms with Crippen molar-refractivity contribution >= 4 is 25.7 Å². The molecule has 84 heavy (non-hydrogen) atoms. The Bertz CT molecular complexity index is 1640. The van der Waals surface area contributed by atoms with Crippen molar-refractivity contribution in [2.45, 2.75) is 354 Å². The van der Waals surface area contributed by atoms with E-state index in [9.17, 15) is 28.9 Å². The fourth-order valence-corrected chi connectivity index (χ4v) is 10.8. The number of phosphoric ester groups is 1. The Hall–Kier alpha value is -2.82. The highest BCUT2D eigenvalue weighted by Crippen LogP contribution is 2.43. The lowest BCUT2D eigenvalue weighted by Crippen LogP contribution is -2.30. The maximum absolute atomic E-state index is 13.0. The first-order valence-corrected chi connectivity index (χ1v) is 36.7. The minimum Gasteiger partial charge on any atom is -0.462 e. The molecule has 11 nitrogen and oxygen atoms in total. The monoisotopic (exact) mass is 1200 g/mol. The molecule has 0 aliphatic heterocycles. The van der Waals surface area contributed by atoms with Crippen molar-refractivity contribution in [1.82, 2.24) is 0 Å². The summed E-state index contributed by atoms with van der Waals surface area (Å²) in [5, 5.41) is 9.89. The first-order chi connectivity index (χ1) is 41.2. The molecule has 12 heteroatoms. The highest BCUT2D eigenvalue weighted by Gasteiger charge is 2.28. The van der Waals surface area contributed by atoms with Gasteiger partial charge in [-0.3, -0.25) is 23.4 Å². The van der Waals surface area contributed by atoms with Gasteiger partial charge in [-0.1, -0.05) is 274 Å². The number of rotatable bonds is 66. The van der Waals surface area contributed by atoms with E-state index in [0.717, 1.165) is 89.9 Å². The van der Waals surface area contributed by atoms with Gasteiger partial charge in [0.1, 0.15) is 12.7 Å². The summed E-state index contributed by atoms with van der Waals surface area (Å²) in [6.07, 6.45) is 75.9. The second-order valence-electron chi connectivity index (χ2n) is 23.7. The number of hydrogen-bond acceptors (Lipinski definition) is 10. The van der Waals surface area contributed by atoms with E-state index in [1.165, 1.54) is 193 Å². The number of aliphatic hydroxyl groups excluding tert-OH is 1. The van der Waals surface area contributed by atoms with Crippen LogP contribution in [-0.2, 0) is 42.2 Å². The van der Waals surface area contributed by atoms with Gasteiger partial charge in [0.05, 0.1) is 19.8 Å². The molecule has 0 amide bonds. The molecule has 0 rings (SSSR count). The topological polar surface area (TPSA) is 155 Å². The van der Waals surface area contributed by atoms with Gasteiger partial charge in [0, 0.05) is 19.3 Å². The van der Waals surface area contributed by atoms with Gasteiger partial charge in [-0.2, -0.15) is 0 Å². The highest BCUT2D eigenvalue weighted by molar-refractivity contribution is 7.47. The standard InChI is InChI=1S/C72H131O11P/c1-4-7-10-13-16-19-22-25-28-31-34-37-40-43-46-49-52-55-58-61-70(74)79-65-69(83-72(76)63-60-57-54-51-48-45-42-39-36-33-30-27-24-21-18-15-12-9-6-3)67-81-84(77,78)80-66-68(64-73)82-71(75)62-59-56-53-50-47-44-41-38-35-32-29-26-23-20-17-14-11-8-5-2/h18,21,25-30,36,39,68-69,73H,4-17,19-20,22-24,31-35,37-38,40-67H2,1-3H3,(H,77,78)/b21-18-,28-25-,29-26-,30-27-,39-36-. The summed E-state index contributed by atoms with van der Waals surface area (Å²) in [7, 11) is -4.76. The number of esters is 3. The third-order valence-electron chi connectivity index (χ3n) is 15.4. The molecule has 0 spiro atoms. The molecule has 0 saturated heterocycles. The lowest BCUT2D eigenvalue weighted by atomic mass is 10.1. The van der Waals surface area contributed by atoms with E-state index in [0.29, 0.717) is 19.3 Å². The van der Waals surface area contributed by atoms with E-state index in [1.807, 2.05) is 0 Å². The fraction of sp³-hybridized carbons (Fsp3) is 0.819. The van der Waals surface area contributed by atoms with Crippen LogP contribution in [0.3, 0.4) is 0 Å². The molecule has 0 aliphatic carbocycles. The Morgan fingerprint density at radius 1 is 0.333 bits per heavy atom. The number of carbonyl (C=O) groups excluding carboxylic acids is 3. The van der Waals surface area contributed by atoms with Crippen LogP contribution in [0.5, 0.6) is 0 Å². The van der Waals surface area contributed by atoms with Gasteiger partial charge in [-0.25, -0.2) is 4.57 Å². The average Bonchev–Trinajstić information content (AvgIpc) is 3.53.